The molecule has 1 aliphatic heterocycles. The highest BCUT2D eigenvalue weighted by Crippen LogP contribution is 2.20. The molecule has 0 fully saturated rings. The third kappa shape index (κ3) is 2.18. The van der Waals surface area contributed by atoms with E-state index in [9.17, 15) is 5.11 Å². The van der Waals surface area contributed by atoms with E-state index in [4.69, 9.17) is 4.84 Å². The normalized spacial score (nSPS) is 22.0. The van der Waals surface area contributed by atoms with Crippen molar-refractivity contribution in [3.05, 3.63) is 35.9 Å². The van der Waals surface area contributed by atoms with E-state index in [1.165, 1.54) is 0 Å². The highest BCUT2D eigenvalue weighted by Gasteiger charge is 2.27. The van der Waals surface area contributed by atoms with Crippen molar-refractivity contribution < 1.29 is 9.94 Å². The first-order chi connectivity index (χ1) is 7.31. The average molecular weight is 205 g/mol. The summed E-state index contributed by atoms with van der Waals surface area (Å²) in [5.74, 6) is 0. The van der Waals surface area contributed by atoms with Gasteiger partial charge in [0.15, 0.2) is 6.10 Å². The molecule has 1 aliphatic rings. The zero-order valence-electron chi connectivity index (χ0n) is 8.76. The molecule has 0 spiro atoms. The Kier molecular flexibility index (Phi) is 3.02. The van der Waals surface area contributed by atoms with Crippen LogP contribution in [0.4, 0.5) is 0 Å². The maximum atomic E-state index is 9.62. The fourth-order valence-electron chi connectivity index (χ4n) is 1.67. The number of rotatable bonds is 3. The fourth-order valence-corrected chi connectivity index (χ4v) is 1.67. The second-order valence-corrected chi connectivity index (χ2v) is 3.73. The quantitative estimate of drug-likeness (QED) is 0.819. The third-order valence-corrected chi connectivity index (χ3v) is 2.65. The van der Waals surface area contributed by atoms with Gasteiger partial charge >= 0.3 is 0 Å². The summed E-state index contributed by atoms with van der Waals surface area (Å²) < 4.78 is 0. The lowest BCUT2D eigenvalue weighted by Crippen LogP contribution is -2.25. The zero-order chi connectivity index (χ0) is 10.7. The molecule has 2 rings (SSSR count). The summed E-state index contributed by atoms with van der Waals surface area (Å²) in [7, 11) is 0. The molecule has 1 N–H and O–H groups in total. The third-order valence-electron chi connectivity index (χ3n) is 2.65. The molecule has 0 saturated heterocycles. The van der Waals surface area contributed by atoms with E-state index in [1.54, 1.807) is 0 Å². The largest absolute Gasteiger partial charge is 0.389 e. The van der Waals surface area contributed by atoms with Crippen LogP contribution >= 0.6 is 0 Å². The first-order valence-electron chi connectivity index (χ1n) is 5.27. The summed E-state index contributed by atoms with van der Waals surface area (Å²) in [5.41, 5.74) is 2.00. The highest BCUT2D eigenvalue weighted by molar-refractivity contribution is 6.01. The zero-order valence-corrected chi connectivity index (χ0v) is 8.76. The maximum absolute atomic E-state index is 9.62. The minimum Gasteiger partial charge on any atom is -0.389 e. The van der Waals surface area contributed by atoms with Gasteiger partial charge in [0.1, 0.15) is 0 Å². The fraction of sp³-hybridized carbons (Fsp3) is 0.417. The van der Waals surface area contributed by atoms with E-state index in [-0.39, 0.29) is 6.10 Å². The number of hydrogen-bond donors (Lipinski definition) is 1. The van der Waals surface area contributed by atoms with Crippen LogP contribution in [0, 0.1) is 0 Å². The van der Waals surface area contributed by atoms with Gasteiger partial charge in [0.2, 0.25) is 0 Å². The molecule has 0 saturated carbocycles. The molecule has 2 atom stereocenters. The molecule has 0 aromatic heterocycles. The highest BCUT2D eigenvalue weighted by atomic mass is 16.6. The Morgan fingerprint density at radius 3 is 2.87 bits per heavy atom. The molecule has 0 amide bonds. The molecule has 1 aromatic rings. The second-order valence-electron chi connectivity index (χ2n) is 3.73. The van der Waals surface area contributed by atoms with Crippen molar-refractivity contribution in [2.24, 2.45) is 5.16 Å². The van der Waals surface area contributed by atoms with Crippen LogP contribution in [0.3, 0.4) is 0 Å². The molecule has 1 heterocycles. The summed E-state index contributed by atoms with van der Waals surface area (Å²) in [6.07, 6.45) is 0.793. The van der Waals surface area contributed by atoms with Gasteiger partial charge in [-0.25, -0.2) is 0 Å². The molecule has 80 valence electrons. The lowest BCUT2D eigenvalue weighted by atomic mass is 10.0. The number of oxime groups is 1. The van der Waals surface area contributed by atoms with Crippen LogP contribution in [-0.4, -0.2) is 23.0 Å². The minimum atomic E-state index is -0.421. The Balaban J connectivity index is 2.04. The predicted octanol–water partition coefficient (Wildman–Crippen LogP) is 1.95. The maximum Gasteiger partial charge on any atom is 0.158 e. The van der Waals surface area contributed by atoms with Crippen molar-refractivity contribution in [1.82, 2.24) is 0 Å². The molecule has 0 aliphatic carbocycles. The summed E-state index contributed by atoms with van der Waals surface area (Å²) in [6.45, 7) is 1.94. The van der Waals surface area contributed by atoms with Gasteiger partial charge in [0, 0.05) is 6.42 Å². The van der Waals surface area contributed by atoms with Gasteiger partial charge in [-0.05, 0) is 12.0 Å². The lowest BCUT2D eigenvalue weighted by molar-refractivity contribution is -0.0182. The predicted molar refractivity (Wildman–Crippen MR) is 58.8 cm³/mol. The van der Waals surface area contributed by atoms with Gasteiger partial charge in [-0.2, -0.15) is 0 Å². The molecule has 0 bridgehead atoms. The summed E-state index contributed by atoms with van der Waals surface area (Å²) in [4.78, 5) is 5.21. The molecule has 0 radical (unpaired) electrons. The molecule has 3 nitrogen and oxygen atoms in total. The van der Waals surface area contributed by atoms with E-state index in [1.807, 2.05) is 37.3 Å². The van der Waals surface area contributed by atoms with Crippen LogP contribution in [0.25, 0.3) is 0 Å². The molecule has 3 heteroatoms. The lowest BCUT2D eigenvalue weighted by Gasteiger charge is -2.13. The van der Waals surface area contributed by atoms with Gasteiger partial charge in [-0.3, -0.25) is 0 Å². The van der Waals surface area contributed by atoms with E-state index in [0.29, 0.717) is 12.8 Å². The Hall–Kier alpha value is -1.35. The van der Waals surface area contributed by atoms with E-state index in [0.717, 1.165) is 11.3 Å². The van der Waals surface area contributed by atoms with E-state index in [2.05, 4.69) is 5.16 Å². The molecule has 15 heavy (non-hydrogen) atoms. The summed E-state index contributed by atoms with van der Waals surface area (Å²) in [6, 6.07) is 9.92. The number of nitrogens with zero attached hydrogens (tertiary/aromatic N) is 1. The number of aliphatic hydroxyl groups is 1. The van der Waals surface area contributed by atoms with Gasteiger partial charge < -0.3 is 9.94 Å². The smallest absolute Gasteiger partial charge is 0.158 e. The molecule has 0 unspecified atom stereocenters. The van der Waals surface area contributed by atoms with Crippen LogP contribution in [0.15, 0.2) is 35.5 Å². The van der Waals surface area contributed by atoms with E-state index >= 15 is 0 Å². The molecule has 1 aromatic carbocycles. The summed E-state index contributed by atoms with van der Waals surface area (Å²) >= 11 is 0. The summed E-state index contributed by atoms with van der Waals surface area (Å²) in [5, 5.41) is 13.6. The van der Waals surface area contributed by atoms with Crippen molar-refractivity contribution in [3.63, 3.8) is 0 Å². The van der Waals surface area contributed by atoms with Crippen LogP contribution in [-0.2, 0) is 4.84 Å². The Bertz CT molecular complexity index is 348. The monoisotopic (exact) mass is 205 g/mol. The van der Waals surface area contributed by atoms with Crippen LogP contribution < -0.4 is 0 Å². The molecular weight excluding hydrogens is 190 g/mol. The number of aliphatic hydroxyl groups excluding tert-OH is 1. The average Bonchev–Trinajstić information content (AvgIpc) is 2.78. The first-order valence-corrected chi connectivity index (χ1v) is 5.27. The van der Waals surface area contributed by atoms with Crippen molar-refractivity contribution in [1.29, 1.82) is 0 Å². The second kappa shape index (κ2) is 4.45. The molecular formula is C12H15NO2. The topological polar surface area (TPSA) is 41.8 Å². The Morgan fingerprint density at radius 2 is 2.20 bits per heavy atom. The van der Waals surface area contributed by atoms with Crippen molar-refractivity contribution in [3.8, 4) is 0 Å². The van der Waals surface area contributed by atoms with Gasteiger partial charge in [0.25, 0.3) is 0 Å². The van der Waals surface area contributed by atoms with Gasteiger partial charge in [0.05, 0.1) is 11.8 Å². The van der Waals surface area contributed by atoms with Crippen LogP contribution in [0.5, 0.6) is 0 Å². The first kappa shape index (κ1) is 10.2. The minimum absolute atomic E-state index is 0.176. The van der Waals surface area contributed by atoms with Crippen molar-refractivity contribution in [2.45, 2.75) is 32.0 Å². The van der Waals surface area contributed by atoms with Crippen LogP contribution in [0.2, 0.25) is 0 Å². The van der Waals surface area contributed by atoms with Crippen molar-refractivity contribution in [2.75, 3.05) is 0 Å². The number of benzene rings is 1. The van der Waals surface area contributed by atoms with Crippen molar-refractivity contribution >= 4 is 5.71 Å². The number of hydrogen-bond acceptors (Lipinski definition) is 3. The standard InChI is InChI=1S/C12H15NO2/c1-2-11(14)12-8-10(13-15-12)9-6-4-3-5-7-9/h3-7,11-12,14H,2,8H2,1H3/t11-,12+/m0/s1. The Labute approximate surface area is 89.4 Å². The SMILES string of the molecule is CC[C@H](O)[C@H]1CC(c2ccccc2)=NO1. The van der Waals surface area contributed by atoms with Gasteiger partial charge in [-0.15, -0.1) is 0 Å². The van der Waals surface area contributed by atoms with E-state index < -0.39 is 6.10 Å². The van der Waals surface area contributed by atoms with Crippen LogP contribution in [0.1, 0.15) is 25.3 Å². The Morgan fingerprint density at radius 1 is 1.47 bits per heavy atom. The van der Waals surface area contributed by atoms with Gasteiger partial charge in [-0.1, -0.05) is 42.4 Å².